The van der Waals surface area contributed by atoms with E-state index in [9.17, 15) is 0 Å². The summed E-state index contributed by atoms with van der Waals surface area (Å²) < 4.78 is 0. The fourth-order valence-electron chi connectivity index (χ4n) is 0. The van der Waals surface area contributed by atoms with Crippen LogP contribution in [0.5, 0.6) is 0 Å². The molecule has 8 heteroatoms. The molecule has 0 aliphatic heterocycles. The maximum Gasteiger partial charge on any atom is 4.00 e. The van der Waals surface area contributed by atoms with Crippen LogP contribution < -0.4 is 0 Å². The Balaban J connectivity index is 0. The molecule has 0 atom stereocenters. The normalized spacial score (nSPS) is 0. The van der Waals surface area contributed by atoms with Crippen molar-refractivity contribution >= 4 is 17.4 Å². The summed E-state index contributed by atoms with van der Waals surface area (Å²) in [5.74, 6) is 0. The van der Waals surface area contributed by atoms with Gasteiger partial charge in [0.2, 0.25) is 0 Å². The number of hydrogen-bond acceptors (Lipinski definition) is 0. The Morgan fingerprint density at radius 1 is 0.500 bits per heavy atom. The Morgan fingerprint density at radius 3 is 0.500 bits per heavy atom. The van der Waals surface area contributed by atoms with Gasteiger partial charge in [0.1, 0.15) is 0 Å². The summed E-state index contributed by atoms with van der Waals surface area (Å²) in [6.07, 6.45) is 0. The van der Waals surface area contributed by atoms with E-state index in [0.29, 0.717) is 0 Å². The molecule has 0 fully saturated rings. The summed E-state index contributed by atoms with van der Waals surface area (Å²) in [4.78, 5) is 0. The van der Waals surface area contributed by atoms with E-state index in [1.54, 1.807) is 0 Å². The second kappa shape index (κ2) is 202. The van der Waals surface area contributed by atoms with Gasteiger partial charge in [-0.2, -0.15) is 0 Å². The van der Waals surface area contributed by atoms with Gasteiger partial charge in [-0.3, -0.25) is 0 Å². The Labute approximate surface area is 82.9 Å². The Bertz CT molecular complexity index is 12.4. The SMILES string of the molecule is [Al+3].[Cr+3].[Mo+4].[O-2].[O-2].[O-2].[O-2].[O-2]. The minimum Gasteiger partial charge on any atom is -2.00 e. The van der Waals surface area contributed by atoms with Gasteiger partial charge in [-0.05, 0) is 0 Å². The van der Waals surface area contributed by atoms with Gasteiger partial charge < -0.3 is 27.4 Å². The zero-order valence-electron chi connectivity index (χ0n) is 3.44. The van der Waals surface area contributed by atoms with Crippen LogP contribution in [0.1, 0.15) is 0 Å². The van der Waals surface area contributed by atoms with Gasteiger partial charge >= 0.3 is 55.8 Å². The summed E-state index contributed by atoms with van der Waals surface area (Å²) in [5, 5.41) is 0. The fraction of sp³-hybridized carbons (Fsp3) is 0. The minimum atomic E-state index is 0. The van der Waals surface area contributed by atoms with Crippen molar-refractivity contribution in [2.24, 2.45) is 0 Å². The molecule has 45 valence electrons. The summed E-state index contributed by atoms with van der Waals surface area (Å²) >= 11 is 0. The van der Waals surface area contributed by atoms with Crippen molar-refractivity contribution in [3.63, 3.8) is 0 Å². The molecule has 0 spiro atoms. The van der Waals surface area contributed by atoms with Crippen LogP contribution in [-0.2, 0) is 65.8 Å². The molecule has 0 amide bonds. The van der Waals surface area contributed by atoms with Gasteiger partial charge in [-0.25, -0.2) is 0 Å². The minimum absolute atomic E-state index is 0. The predicted molar refractivity (Wildman–Crippen MR) is 9.19 cm³/mol. The topological polar surface area (TPSA) is 142 Å². The molecule has 0 saturated carbocycles. The Morgan fingerprint density at radius 2 is 0.500 bits per heavy atom. The van der Waals surface area contributed by atoms with Crippen LogP contribution in [0, 0.1) is 0 Å². The molecule has 0 unspecified atom stereocenters. The van der Waals surface area contributed by atoms with E-state index in [-0.39, 0.29) is 83.2 Å². The molecule has 0 aromatic heterocycles. The van der Waals surface area contributed by atoms with Gasteiger partial charge in [-0.15, -0.1) is 0 Å². The molecule has 5 nitrogen and oxygen atoms in total. The predicted octanol–water partition coefficient (Wildman–Crippen LogP) is -0.980. The van der Waals surface area contributed by atoms with Crippen LogP contribution >= 0.6 is 0 Å². The van der Waals surface area contributed by atoms with Crippen molar-refractivity contribution in [1.29, 1.82) is 0 Å². The summed E-state index contributed by atoms with van der Waals surface area (Å²) in [7, 11) is 0. The van der Waals surface area contributed by atoms with Gasteiger partial charge in [0.15, 0.2) is 0 Å². The van der Waals surface area contributed by atoms with Crippen molar-refractivity contribution in [2.45, 2.75) is 0 Å². The van der Waals surface area contributed by atoms with E-state index in [2.05, 4.69) is 0 Å². The van der Waals surface area contributed by atoms with Gasteiger partial charge in [0, 0.05) is 0 Å². The van der Waals surface area contributed by atoms with E-state index < -0.39 is 0 Å². The van der Waals surface area contributed by atoms with Crippen molar-refractivity contribution in [3.05, 3.63) is 0 Å². The number of rotatable bonds is 0. The van der Waals surface area contributed by atoms with Crippen molar-refractivity contribution < 1.29 is 65.8 Å². The molecular formula is AlCrMoO5. The molecule has 0 saturated heterocycles. The quantitative estimate of drug-likeness (QED) is 0.490. The zero-order chi connectivity index (χ0) is 0. The van der Waals surface area contributed by atoms with Crippen molar-refractivity contribution in [3.8, 4) is 0 Å². The van der Waals surface area contributed by atoms with Crippen LogP contribution in [0.4, 0.5) is 0 Å². The van der Waals surface area contributed by atoms with Crippen LogP contribution in [0.25, 0.3) is 0 Å². The maximum absolute atomic E-state index is 0. The van der Waals surface area contributed by atoms with Crippen LogP contribution in [0.2, 0.25) is 0 Å². The molecule has 0 heterocycles. The molecule has 0 bridgehead atoms. The van der Waals surface area contributed by atoms with E-state index in [1.807, 2.05) is 0 Å². The van der Waals surface area contributed by atoms with Crippen molar-refractivity contribution in [2.75, 3.05) is 0 Å². The molecule has 0 N–H and O–H groups in total. The van der Waals surface area contributed by atoms with E-state index in [1.165, 1.54) is 0 Å². The molecule has 1 radical (unpaired) electrons. The third-order valence-corrected chi connectivity index (χ3v) is 0. The Hall–Kier alpha value is 1.55. The molecule has 0 aliphatic rings. The Kier molecular flexibility index (Phi) is 7320. The van der Waals surface area contributed by atoms with Gasteiger partial charge in [0.25, 0.3) is 0 Å². The molecule has 0 aromatic rings. The smallest absolute Gasteiger partial charge is 2.00 e. The molecule has 0 aromatic carbocycles. The zero-order valence-corrected chi connectivity index (χ0v) is 7.87. The monoisotopic (exact) mass is 257 g/mol. The molecule has 8 heavy (non-hydrogen) atoms. The third-order valence-electron chi connectivity index (χ3n) is 0. The average Bonchev–Trinajstić information content (AvgIpc) is 0. The second-order valence-corrected chi connectivity index (χ2v) is 0. The first-order chi connectivity index (χ1) is 0. The maximum atomic E-state index is 0. The first kappa shape index (κ1) is 290. The first-order valence-corrected chi connectivity index (χ1v) is 0. The summed E-state index contributed by atoms with van der Waals surface area (Å²) in [5.41, 5.74) is 0. The second-order valence-electron chi connectivity index (χ2n) is 0. The number of hydrogen-bond donors (Lipinski definition) is 0. The van der Waals surface area contributed by atoms with E-state index in [0.717, 1.165) is 0 Å². The first-order valence-electron chi connectivity index (χ1n) is 0. The molecule has 0 aliphatic carbocycles. The summed E-state index contributed by atoms with van der Waals surface area (Å²) in [6.45, 7) is 0. The third kappa shape index (κ3) is 134. The fourth-order valence-corrected chi connectivity index (χ4v) is 0. The van der Waals surface area contributed by atoms with E-state index in [4.69, 9.17) is 0 Å². The summed E-state index contributed by atoms with van der Waals surface area (Å²) in [6, 6.07) is 0. The van der Waals surface area contributed by atoms with Crippen molar-refractivity contribution in [1.82, 2.24) is 0 Å². The van der Waals surface area contributed by atoms with Crippen LogP contribution in [-0.4, -0.2) is 17.4 Å². The molecule has 0 rings (SSSR count). The van der Waals surface area contributed by atoms with Crippen LogP contribution in [0.15, 0.2) is 0 Å². The largest absolute Gasteiger partial charge is 4.00 e. The molecular weight excluding hydrogens is 255 g/mol. The standard InChI is InChI=1S/Al.Cr.Mo.5O/q2*+3;+4;5*-2. The van der Waals surface area contributed by atoms with E-state index >= 15 is 0 Å². The van der Waals surface area contributed by atoms with Gasteiger partial charge in [0.05, 0.1) is 0 Å². The van der Waals surface area contributed by atoms with Crippen LogP contribution in [0.3, 0.4) is 0 Å². The van der Waals surface area contributed by atoms with Gasteiger partial charge in [-0.1, -0.05) is 0 Å². The average molecular weight is 255 g/mol.